The molecule has 0 aliphatic carbocycles. The topological polar surface area (TPSA) is 120 Å². The van der Waals surface area contributed by atoms with Gasteiger partial charge in [-0.1, -0.05) is 0 Å². The van der Waals surface area contributed by atoms with Crippen molar-refractivity contribution in [1.82, 2.24) is 20.2 Å². The normalized spacial score (nSPS) is 21.8. The monoisotopic (exact) mass is 650 g/mol. The average Bonchev–Trinajstić information content (AvgIpc) is 3.00. The highest BCUT2D eigenvalue weighted by molar-refractivity contribution is 6.06. The van der Waals surface area contributed by atoms with Gasteiger partial charge in [0.15, 0.2) is 5.82 Å². The second kappa shape index (κ2) is 14.9. The van der Waals surface area contributed by atoms with Crippen LogP contribution in [0.15, 0.2) is 36.5 Å². The molecule has 2 aromatic carbocycles. The van der Waals surface area contributed by atoms with Crippen molar-refractivity contribution in [1.29, 1.82) is 0 Å². The number of rotatable bonds is 6. The van der Waals surface area contributed by atoms with Gasteiger partial charge in [0.25, 0.3) is 18.8 Å². The molecule has 1 amide bonds. The Morgan fingerprint density at radius 1 is 1.13 bits per heavy atom. The van der Waals surface area contributed by atoms with Crippen LogP contribution in [0.3, 0.4) is 0 Å². The van der Waals surface area contributed by atoms with Crippen LogP contribution >= 0.6 is 0 Å². The molecule has 1 unspecified atom stereocenters. The summed E-state index contributed by atoms with van der Waals surface area (Å²) in [6, 6.07) is 3.95. The number of nitrogens with one attached hydrogen (secondary N) is 2. The molecule has 0 spiro atoms. The van der Waals surface area contributed by atoms with Gasteiger partial charge in [0.2, 0.25) is 5.95 Å². The molecule has 1 aromatic heterocycles. The largest absolute Gasteiger partial charge is 0.483 e. The number of piperazine rings is 1. The Morgan fingerprint density at radius 3 is 2.46 bits per heavy atom. The maximum Gasteiger partial charge on any atom is 0.290 e. The third-order valence-corrected chi connectivity index (χ3v) is 7.92. The quantitative estimate of drug-likeness (QED) is 0.249. The number of morpholine rings is 1. The fourth-order valence-corrected chi connectivity index (χ4v) is 5.72. The van der Waals surface area contributed by atoms with E-state index in [0.29, 0.717) is 32.2 Å². The SMILES string of the molecule is CC1[C@H](c2cc(F)c(-c3ccnc(N4C[C@@H](C)O[C@@H](C)C4)n3)c(F)c2NC(=O)c2ccc(F)cc2C(F)F)NCCN1C.O=CO. The number of ether oxygens (including phenoxy) is 1. The summed E-state index contributed by atoms with van der Waals surface area (Å²) >= 11 is 0. The number of aromatic nitrogens is 2. The molecule has 0 saturated carbocycles. The second-order valence-electron chi connectivity index (χ2n) is 11.2. The number of benzene rings is 2. The van der Waals surface area contributed by atoms with Gasteiger partial charge in [0, 0.05) is 61.1 Å². The van der Waals surface area contributed by atoms with Gasteiger partial charge in [-0.2, -0.15) is 0 Å². The lowest BCUT2D eigenvalue weighted by molar-refractivity contribution is -0.122. The van der Waals surface area contributed by atoms with Crippen molar-refractivity contribution in [2.24, 2.45) is 0 Å². The number of alkyl halides is 2. The van der Waals surface area contributed by atoms with E-state index in [4.69, 9.17) is 14.6 Å². The zero-order valence-corrected chi connectivity index (χ0v) is 25.6. The van der Waals surface area contributed by atoms with E-state index in [1.807, 2.05) is 37.6 Å². The number of hydrogen-bond donors (Lipinski definition) is 3. The third-order valence-electron chi connectivity index (χ3n) is 7.92. The van der Waals surface area contributed by atoms with Crippen LogP contribution in [0, 0.1) is 17.5 Å². The van der Waals surface area contributed by atoms with Crippen molar-refractivity contribution in [3.8, 4) is 11.3 Å². The first-order valence-electron chi connectivity index (χ1n) is 14.5. The van der Waals surface area contributed by atoms with Crippen molar-refractivity contribution < 1.29 is 41.4 Å². The van der Waals surface area contributed by atoms with Gasteiger partial charge in [0.1, 0.15) is 11.6 Å². The van der Waals surface area contributed by atoms with E-state index in [-0.39, 0.29) is 47.6 Å². The van der Waals surface area contributed by atoms with E-state index >= 15 is 8.78 Å². The molecule has 4 atom stereocenters. The van der Waals surface area contributed by atoms with Gasteiger partial charge >= 0.3 is 0 Å². The molecule has 3 aromatic rings. The predicted octanol–water partition coefficient (Wildman–Crippen LogP) is 5.03. The smallest absolute Gasteiger partial charge is 0.290 e. The van der Waals surface area contributed by atoms with E-state index in [1.165, 1.54) is 12.3 Å². The molecule has 10 nitrogen and oxygen atoms in total. The van der Waals surface area contributed by atoms with E-state index in [0.717, 1.165) is 18.2 Å². The maximum atomic E-state index is 16.6. The molecule has 3 heterocycles. The molecule has 3 N–H and O–H groups in total. The molecule has 46 heavy (non-hydrogen) atoms. The van der Waals surface area contributed by atoms with Gasteiger partial charge < -0.3 is 30.3 Å². The zero-order valence-electron chi connectivity index (χ0n) is 25.6. The van der Waals surface area contributed by atoms with Gasteiger partial charge in [-0.15, -0.1) is 0 Å². The Kier molecular flexibility index (Phi) is 11.2. The fourth-order valence-electron chi connectivity index (χ4n) is 5.72. The lowest BCUT2D eigenvalue weighted by atomic mass is 9.93. The molecule has 0 radical (unpaired) electrons. The number of nitrogens with zero attached hydrogens (tertiary/aromatic N) is 4. The standard InChI is InChI=1S/C30H33F5N6O2.CH2O2/c1-15-13-41(14-16(2)43-15)30-37-8-7-23(38-30)24-22(32)12-21(26-17(3)40(4)10-9-36-26)27(25(24)33)39-29(42)19-6-5-18(31)11-20(19)28(34)35;2-1-3/h5-8,11-12,15-17,26,28,36H,9-10,13-14H2,1-4H3,(H,39,42);1H,(H,2,3)/t15-,16+,17?,26-;/m1./s1. The van der Waals surface area contributed by atoms with E-state index < -0.39 is 52.5 Å². The average molecular weight is 651 g/mol. The second-order valence-corrected chi connectivity index (χ2v) is 11.2. The number of halogens is 5. The van der Waals surface area contributed by atoms with Gasteiger partial charge in [-0.3, -0.25) is 9.59 Å². The molecule has 15 heteroatoms. The molecule has 2 fully saturated rings. The maximum absolute atomic E-state index is 16.6. The van der Waals surface area contributed by atoms with Crippen molar-refractivity contribution in [2.45, 2.75) is 51.5 Å². The highest BCUT2D eigenvalue weighted by Gasteiger charge is 2.33. The van der Waals surface area contributed by atoms with Crippen LogP contribution in [0.5, 0.6) is 0 Å². The van der Waals surface area contributed by atoms with E-state index in [1.54, 1.807) is 0 Å². The zero-order chi connectivity index (χ0) is 33.7. The van der Waals surface area contributed by atoms with Gasteiger partial charge in [-0.05, 0) is 58.2 Å². The summed E-state index contributed by atoms with van der Waals surface area (Å²) in [6.07, 6.45) is -2.00. The van der Waals surface area contributed by atoms with E-state index in [9.17, 15) is 18.0 Å². The Balaban J connectivity index is 0.00000154. The number of likely N-dealkylation sites (N-methyl/N-ethyl adjacent to an activating group) is 1. The molecule has 2 saturated heterocycles. The molecular weight excluding hydrogens is 615 g/mol. The van der Waals surface area contributed by atoms with Gasteiger partial charge in [-0.25, -0.2) is 31.9 Å². The number of anilines is 2. The minimum atomic E-state index is -3.16. The lowest BCUT2D eigenvalue weighted by Gasteiger charge is -2.39. The number of amides is 1. The number of carboxylic acid groups (broad SMARTS) is 1. The van der Waals surface area contributed by atoms with Crippen LogP contribution in [0.2, 0.25) is 0 Å². The minimum Gasteiger partial charge on any atom is -0.483 e. The molecular formula is C31H35F5N6O4. The summed E-state index contributed by atoms with van der Waals surface area (Å²) in [5.74, 6) is -3.83. The highest BCUT2D eigenvalue weighted by atomic mass is 19.3. The van der Waals surface area contributed by atoms with Crippen LogP contribution in [-0.2, 0) is 9.53 Å². The van der Waals surface area contributed by atoms with Crippen LogP contribution in [0.1, 0.15) is 54.7 Å². The van der Waals surface area contributed by atoms with Crippen LogP contribution in [0.4, 0.5) is 33.6 Å². The molecule has 2 aliphatic rings. The first-order chi connectivity index (χ1) is 21.9. The Hall–Kier alpha value is -4.21. The van der Waals surface area contributed by atoms with Crippen molar-refractivity contribution in [3.63, 3.8) is 0 Å². The molecule has 0 bridgehead atoms. The van der Waals surface area contributed by atoms with Crippen LogP contribution < -0.4 is 15.5 Å². The highest BCUT2D eigenvalue weighted by Crippen LogP contribution is 2.38. The lowest BCUT2D eigenvalue weighted by Crippen LogP contribution is -2.50. The van der Waals surface area contributed by atoms with Crippen molar-refractivity contribution >= 4 is 24.0 Å². The minimum absolute atomic E-state index is 0.0642. The molecule has 2 aliphatic heterocycles. The predicted molar refractivity (Wildman–Crippen MR) is 160 cm³/mol. The van der Waals surface area contributed by atoms with Crippen LogP contribution in [0.25, 0.3) is 11.3 Å². The number of hydrogen-bond acceptors (Lipinski definition) is 8. The van der Waals surface area contributed by atoms with Crippen LogP contribution in [-0.4, -0.2) is 83.8 Å². The summed E-state index contributed by atoms with van der Waals surface area (Å²) in [7, 11) is 1.86. The summed E-state index contributed by atoms with van der Waals surface area (Å²) in [5.41, 5.74) is -2.25. The molecule has 5 rings (SSSR count). The number of carbonyl (C=O) groups excluding carboxylic acids is 1. The first-order valence-corrected chi connectivity index (χ1v) is 14.5. The Morgan fingerprint density at radius 2 is 1.80 bits per heavy atom. The number of carbonyl (C=O) groups is 2. The Bertz CT molecular complexity index is 1550. The first kappa shape index (κ1) is 34.7. The Labute approximate surface area is 262 Å². The summed E-state index contributed by atoms with van der Waals surface area (Å²) in [5, 5.41) is 12.5. The van der Waals surface area contributed by atoms with E-state index in [2.05, 4.69) is 20.6 Å². The third kappa shape index (κ3) is 7.59. The summed E-state index contributed by atoms with van der Waals surface area (Å²) in [4.78, 5) is 34.3. The van der Waals surface area contributed by atoms with Gasteiger partial charge in [0.05, 0.1) is 29.2 Å². The van der Waals surface area contributed by atoms with Crippen molar-refractivity contribution in [3.05, 3.63) is 70.7 Å². The van der Waals surface area contributed by atoms with Crippen molar-refractivity contribution in [2.75, 3.05) is 43.4 Å². The molecule has 248 valence electrons. The summed E-state index contributed by atoms with van der Waals surface area (Å²) < 4.78 is 79.4. The fraction of sp³-hybridized carbons (Fsp3) is 0.419. The summed E-state index contributed by atoms with van der Waals surface area (Å²) in [6.45, 7) is 7.54.